The number of rotatable bonds is 2. The molecule has 2 rings (SSSR count). The molecule has 0 bridgehead atoms. The quantitative estimate of drug-likeness (QED) is 0.907. The number of likely N-dealkylation sites (tertiary alicyclic amines) is 1. The predicted octanol–water partition coefficient (Wildman–Crippen LogP) is 2.79. The molecule has 1 aromatic rings. The molecule has 1 unspecified atom stereocenters. The number of nitrogens with zero attached hydrogens (tertiary/aromatic N) is 1. The molecule has 1 fully saturated rings. The number of halogens is 2. The molecule has 0 saturated carbocycles. The Morgan fingerprint density at radius 3 is 2.63 bits per heavy atom. The number of nitrogens with two attached hydrogens (primary N) is 1. The summed E-state index contributed by atoms with van der Waals surface area (Å²) in [5.74, 6) is -0.269. The van der Waals surface area contributed by atoms with Crippen LogP contribution >= 0.6 is 15.9 Å². The van der Waals surface area contributed by atoms with E-state index < -0.39 is 5.82 Å². The first-order valence-corrected chi connectivity index (χ1v) is 7.29. The Morgan fingerprint density at radius 2 is 2.11 bits per heavy atom. The van der Waals surface area contributed by atoms with Gasteiger partial charge in [0, 0.05) is 23.6 Å². The van der Waals surface area contributed by atoms with Crippen molar-refractivity contribution < 1.29 is 9.18 Å². The Balaban J connectivity index is 2.10. The van der Waals surface area contributed by atoms with E-state index in [4.69, 9.17) is 5.73 Å². The summed E-state index contributed by atoms with van der Waals surface area (Å²) in [6, 6.07) is 4.73. The van der Waals surface area contributed by atoms with Crippen LogP contribution in [0.25, 0.3) is 0 Å². The van der Waals surface area contributed by atoms with Crippen LogP contribution in [0.2, 0.25) is 0 Å². The van der Waals surface area contributed by atoms with Gasteiger partial charge < -0.3 is 10.6 Å². The largest absolute Gasteiger partial charge is 0.339 e. The van der Waals surface area contributed by atoms with Crippen molar-refractivity contribution in [1.82, 2.24) is 4.90 Å². The van der Waals surface area contributed by atoms with Crippen LogP contribution in [0.5, 0.6) is 0 Å². The van der Waals surface area contributed by atoms with Gasteiger partial charge in [0.2, 0.25) is 0 Å². The van der Waals surface area contributed by atoms with Crippen molar-refractivity contribution >= 4 is 21.8 Å². The second-order valence-corrected chi connectivity index (χ2v) is 5.94. The van der Waals surface area contributed by atoms with Crippen LogP contribution in [0.1, 0.15) is 30.1 Å². The summed E-state index contributed by atoms with van der Waals surface area (Å²) < 4.78 is 14.3. The van der Waals surface area contributed by atoms with E-state index in [1.54, 1.807) is 17.0 Å². The lowest BCUT2D eigenvalue weighted by molar-refractivity contribution is 0.0675. The van der Waals surface area contributed by atoms with Crippen LogP contribution in [0.3, 0.4) is 0 Å². The fourth-order valence-corrected chi connectivity index (χ4v) is 3.00. The Hall–Kier alpha value is -0.940. The summed E-state index contributed by atoms with van der Waals surface area (Å²) in [5, 5.41) is 0. The van der Waals surface area contributed by atoms with E-state index >= 15 is 0 Å². The van der Waals surface area contributed by atoms with Crippen molar-refractivity contribution in [1.29, 1.82) is 0 Å². The Bertz CT molecular complexity index is 450. The van der Waals surface area contributed by atoms with Gasteiger partial charge in [-0.3, -0.25) is 4.79 Å². The average Bonchev–Trinajstić information content (AvgIpc) is 2.38. The molecule has 1 atom stereocenters. The van der Waals surface area contributed by atoms with Gasteiger partial charge in [-0.25, -0.2) is 4.39 Å². The van der Waals surface area contributed by atoms with Gasteiger partial charge in [-0.05, 0) is 53.7 Å². The molecule has 0 aromatic heterocycles. The Kier molecular flexibility index (Phi) is 4.58. The first-order chi connectivity index (χ1) is 9.00. The average molecular weight is 329 g/mol. The Labute approximate surface area is 121 Å². The third-order valence-electron chi connectivity index (χ3n) is 3.75. The van der Waals surface area contributed by atoms with Crippen molar-refractivity contribution in [3.05, 3.63) is 34.1 Å². The molecular weight excluding hydrogens is 311 g/mol. The molecule has 104 valence electrons. The van der Waals surface area contributed by atoms with Gasteiger partial charge in [-0.2, -0.15) is 0 Å². The van der Waals surface area contributed by atoms with Gasteiger partial charge in [-0.15, -0.1) is 0 Å². The van der Waals surface area contributed by atoms with E-state index in [9.17, 15) is 9.18 Å². The van der Waals surface area contributed by atoms with Gasteiger partial charge in [0.1, 0.15) is 5.82 Å². The highest BCUT2D eigenvalue weighted by Gasteiger charge is 2.27. The number of piperidine rings is 1. The van der Waals surface area contributed by atoms with Gasteiger partial charge in [0.15, 0.2) is 0 Å². The number of hydrogen-bond donors (Lipinski definition) is 1. The van der Waals surface area contributed by atoms with Crippen molar-refractivity contribution in [3.8, 4) is 0 Å². The molecule has 1 amide bonds. The SMILES string of the molecule is CC(N)C1CCN(C(=O)c2c(F)cccc2Br)CC1. The third-order valence-corrected chi connectivity index (χ3v) is 4.41. The monoisotopic (exact) mass is 328 g/mol. The smallest absolute Gasteiger partial charge is 0.257 e. The number of hydrogen-bond acceptors (Lipinski definition) is 2. The first-order valence-electron chi connectivity index (χ1n) is 6.49. The van der Waals surface area contributed by atoms with Crippen LogP contribution in [0, 0.1) is 11.7 Å². The molecule has 0 radical (unpaired) electrons. The number of benzene rings is 1. The standard InChI is InChI=1S/C14H18BrFN2O/c1-9(17)10-5-7-18(8-6-10)14(19)13-11(15)3-2-4-12(13)16/h2-4,9-10H,5-8,17H2,1H3. The van der Waals surface area contributed by atoms with Crippen LogP contribution < -0.4 is 5.73 Å². The first kappa shape index (κ1) is 14.5. The molecule has 1 aliphatic rings. The van der Waals surface area contributed by atoms with E-state index in [1.165, 1.54) is 6.07 Å². The molecule has 1 aromatic carbocycles. The maximum absolute atomic E-state index is 13.8. The van der Waals surface area contributed by atoms with Gasteiger partial charge >= 0.3 is 0 Å². The second-order valence-electron chi connectivity index (χ2n) is 5.09. The van der Waals surface area contributed by atoms with E-state index in [2.05, 4.69) is 15.9 Å². The highest BCUT2D eigenvalue weighted by molar-refractivity contribution is 9.10. The third kappa shape index (κ3) is 3.15. The minimum absolute atomic E-state index is 0.127. The molecule has 0 spiro atoms. The summed E-state index contributed by atoms with van der Waals surface area (Å²) in [5.41, 5.74) is 6.00. The normalized spacial score (nSPS) is 18.4. The molecular formula is C14H18BrFN2O. The van der Waals surface area contributed by atoms with E-state index in [1.807, 2.05) is 6.92 Å². The number of carbonyl (C=O) groups is 1. The van der Waals surface area contributed by atoms with E-state index in [0.717, 1.165) is 12.8 Å². The van der Waals surface area contributed by atoms with Crippen molar-refractivity contribution in [2.45, 2.75) is 25.8 Å². The maximum Gasteiger partial charge on any atom is 0.257 e. The van der Waals surface area contributed by atoms with Crippen molar-refractivity contribution in [2.75, 3.05) is 13.1 Å². The van der Waals surface area contributed by atoms with Crippen LogP contribution in [0.4, 0.5) is 4.39 Å². The molecule has 3 nitrogen and oxygen atoms in total. The lowest BCUT2D eigenvalue weighted by Gasteiger charge is -2.34. The van der Waals surface area contributed by atoms with Gasteiger partial charge in [0.05, 0.1) is 5.56 Å². The second kappa shape index (κ2) is 6.01. The summed E-state index contributed by atoms with van der Waals surface area (Å²) in [7, 11) is 0. The highest BCUT2D eigenvalue weighted by atomic mass is 79.9. The topological polar surface area (TPSA) is 46.3 Å². The summed E-state index contributed by atoms with van der Waals surface area (Å²) in [6.07, 6.45) is 1.77. The zero-order valence-electron chi connectivity index (χ0n) is 10.9. The van der Waals surface area contributed by atoms with Crippen molar-refractivity contribution in [2.24, 2.45) is 11.7 Å². The zero-order chi connectivity index (χ0) is 14.0. The number of amides is 1. The molecule has 2 N–H and O–H groups in total. The van der Waals surface area contributed by atoms with Gasteiger partial charge in [-0.1, -0.05) is 6.07 Å². The molecule has 0 aliphatic carbocycles. The summed E-state index contributed by atoms with van der Waals surface area (Å²) in [6.45, 7) is 3.28. The number of carbonyl (C=O) groups excluding carboxylic acids is 1. The molecule has 19 heavy (non-hydrogen) atoms. The minimum atomic E-state index is -0.478. The fourth-order valence-electron chi connectivity index (χ4n) is 2.49. The zero-order valence-corrected chi connectivity index (χ0v) is 12.5. The van der Waals surface area contributed by atoms with Crippen LogP contribution in [-0.4, -0.2) is 29.9 Å². The minimum Gasteiger partial charge on any atom is -0.339 e. The lowest BCUT2D eigenvalue weighted by atomic mass is 9.90. The summed E-state index contributed by atoms with van der Waals surface area (Å²) in [4.78, 5) is 14.1. The fraction of sp³-hybridized carbons (Fsp3) is 0.500. The predicted molar refractivity (Wildman–Crippen MR) is 76.4 cm³/mol. The lowest BCUT2D eigenvalue weighted by Crippen LogP contribution is -2.42. The van der Waals surface area contributed by atoms with Crippen molar-refractivity contribution in [3.63, 3.8) is 0 Å². The van der Waals surface area contributed by atoms with Crippen LogP contribution in [0.15, 0.2) is 22.7 Å². The molecule has 5 heteroatoms. The van der Waals surface area contributed by atoms with Gasteiger partial charge in [0.25, 0.3) is 5.91 Å². The molecule has 1 saturated heterocycles. The Morgan fingerprint density at radius 1 is 1.47 bits per heavy atom. The molecule has 1 aliphatic heterocycles. The maximum atomic E-state index is 13.8. The highest BCUT2D eigenvalue weighted by Crippen LogP contribution is 2.25. The molecule has 1 heterocycles. The van der Waals surface area contributed by atoms with Crippen LogP contribution in [-0.2, 0) is 0 Å². The van der Waals surface area contributed by atoms with E-state index in [-0.39, 0.29) is 17.5 Å². The van der Waals surface area contributed by atoms with E-state index in [0.29, 0.717) is 23.5 Å². The summed E-state index contributed by atoms with van der Waals surface area (Å²) >= 11 is 3.24.